The van der Waals surface area contributed by atoms with Crippen molar-refractivity contribution in [3.8, 4) is 0 Å². The highest BCUT2D eigenvalue weighted by atomic mass is 32.2. The number of thioether (sulfide) groups is 2. The van der Waals surface area contributed by atoms with Crippen molar-refractivity contribution in [2.75, 3.05) is 18.6 Å². The predicted octanol–water partition coefficient (Wildman–Crippen LogP) is 3.36. The third-order valence-corrected chi connectivity index (χ3v) is 6.12. The fourth-order valence-electron chi connectivity index (χ4n) is 2.11. The molecule has 0 aliphatic carbocycles. The number of aromatic nitrogens is 3. The summed E-state index contributed by atoms with van der Waals surface area (Å²) < 4.78 is 6.63. The minimum absolute atomic E-state index is 0.0438. The molecule has 0 atom stereocenters. The number of nitrogens with one attached hydrogen (secondary N) is 1. The number of carbonyl (C=O) groups excluding carboxylic acids is 2. The van der Waals surface area contributed by atoms with Crippen LogP contribution in [0.1, 0.15) is 39.0 Å². The lowest BCUT2D eigenvalue weighted by Crippen LogP contribution is -2.08. The summed E-state index contributed by atoms with van der Waals surface area (Å²) in [6.07, 6.45) is 1.93. The van der Waals surface area contributed by atoms with Gasteiger partial charge in [-0.05, 0) is 32.6 Å². The van der Waals surface area contributed by atoms with Crippen molar-refractivity contribution in [3.05, 3.63) is 22.5 Å². The van der Waals surface area contributed by atoms with Gasteiger partial charge in [-0.1, -0.05) is 34.9 Å². The highest BCUT2D eigenvalue weighted by molar-refractivity contribution is 8.03. The maximum Gasteiger partial charge on any atom is 0.355 e. The molecule has 0 spiro atoms. The molecule has 2 rings (SSSR count). The van der Waals surface area contributed by atoms with Crippen molar-refractivity contribution < 1.29 is 14.3 Å². The van der Waals surface area contributed by atoms with E-state index in [9.17, 15) is 9.59 Å². The molecule has 23 heavy (non-hydrogen) atoms. The van der Waals surface area contributed by atoms with Gasteiger partial charge in [0.05, 0.1) is 12.4 Å². The standard InChI is InChI=1S/C14H17N3O3S3/c1-5-20-12(19)11-7(2)10(8(3)15-11)9(18)6-22-14-17-16-13(21-4)23-14/h15H,5-6H2,1-4H3. The number of H-pyrrole nitrogens is 1. The van der Waals surface area contributed by atoms with Gasteiger partial charge in [0, 0.05) is 11.3 Å². The second kappa shape index (κ2) is 7.98. The second-order valence-electron chi connectivity index (χ2n) is 4.60. The summed E-state index contributed by atoms with van der Waals surface area (Å²) >= 11 is 4.35. The number of ether oxygens (including phenoxy) is 1. The van der Waals surface area contributed by atoms with E-state index in [1.807, 2.05) is 6.26 Å². The topological polar surface area (TPSA) is 84.9 Å². The van der Waals surface area contributed by atoms with Gasteiger partial charge >= 0.3 is 5.97 Å². The Morgan fingerprint density at radius 3 is 2.57 bits per heavy atom. The number of nitrogens with zero attached hydrogens (tertiary/aromatic N) is 2. The van der Waals surface area contributed by atoms with E-state index in [2.05, 4.69) is 15.2 Å². The summed E-state index contributed by atoms with van der Waals surface area (Å²) in [6, 6.07) is 0. The Morgan fingerprint density at radius 1 is 1.26 bits per heavy atom. The molecule has 0 aromatic carbocycles. The van der Waals surface area contributed by atoms with Crippen LogP contribution in [0.25, 0.3) is 0 Å². The number of carbonyl (C=O) groups is 2. The molecule has 2 aromatic rings. The first-order chi connectivity index (χ1) is 11.0. The van der Waals surface area contributed by atoms with Crippen LogP contribution in [0.3, 0.4) is 0 Å². The van der Waals surface area contributed by atoms with Crippen LogP contribution in [0.5, 0.6) is 0 Å². The molecule has 2 aromatic heterocycles. The average molecular weight is 372 g/mol. The van der Waals surface area contributed by atoms with Crippen LogP contribution < -0.4 is 0 Å². The third kappa shape index (κ3) is 4.15. The first-order valence-corrected chi connectivity index (χ1v) is 9.90. The van der Waals surface area contributed by atoms with Gasteiger partial charge in [0.2, 0.25) is 0 Å². The van der Waals surface area contributed by atoms with E-state index in [0.717, 1.165) is 8.68 Å². The van der Waals surface area contributed by atoms with E-state index < -0.39 is 5.97 Å². The van der Waals surface area contributed by atoms with Crippen LogP contribution in [-0.2, 0) is 4.74 Å². The van der Waals surface area contributed by atoms with Crippen molar-refractivity contribution in [1.82, 2.24) is 15.2 Å². The van der Waals surface area contributed by atoms with Crippen molar-refractivity contribution in [3.63, 3.8) is 0 Å². The quantitative estimate of drug-likeness (QED) is 0.454. The number of hydrogen-bond donors (Lipinski definition) is 1. The SMILES string of the molecule is CCOC(=O)c1[nH]c(C)c(C(=O)CSc2nnc(SC)s2)c1C. The zero-order valence-electron chi connectivity index (χ0n) is 13.3. The van der Waals surface area contributed by atoms with Crippen LogP contribution in [0.15, 0.2) is 8.68 Å². The van der Waals surface area contributed by atoms with Crippen LogP contribution in [0.4, 0.5) is 0 Å². The molecule has 0 unspecified atom stereocenters. The Balaban J connectivity index is 2.11. The Hall–Kier alpha value is -1.32. The lowest BCUT2D eigenvalue weighted by Gasteiger charge is -2.02. The summed E-state index contributed by atoms with van der Waals surface area (Å²) in [7, 11) is 0. The Bertz CT molecular complexity index is 724. The third-order valence-electron chi connectivity index (χ3n) is 3.09. The molecule has 0 fully saturated rings. The molecule has 2 heterocycles. The highest BCUT2D eigenvalue weighted by Crippen LogP contribution is 2.29. The molecule has 6 nitrogen and oxygen atoms in total. The van der Waals surface area contributed by atoms with Crippen molar-refractivity contribution >= 4 is 46.6 Å². The molecular formula is C14H17N3O3S3. The highest BCUT2D eigenvalue weighted by Gasteiger charge is 2.23. The summed E-state index contributed by atoms with van der Waals surface area (Å²) in [4.78, 5) is 27.3. The summed E-state index contributed by atoms with van der Waals surface area (Å²) in [5.74, 6) is -0.226. The van der Waals surface area contributed by atoms with Gasteiger partial charge in [-0.25, -0.2) is 4.79 Å². The molecule has 124 valence electrons. The average Bonchev–Trinajstić information content (AvgIpc) is 3.09. The van der Waals surface area contributed by atoms with E-state index >= 15 is 0 Å². The normalized spacial score (nSPS) is 10.8. The number of Topliss-reactive ketones (excluding diaryl/α,β-unsaturated/α-hetero) is 1. The monoisotopic (exact) mass is 371 g/mol. The van der Waals surface area contributed by atoms with E-state index in [1.54, 1.807) is 20.8 Å². The number of ketones is 1. The van der Waals surface area contributed by atoms with Crippen molar-refractivity contribution in [2.45, 2.75) is 29.5 Å². The molecular weight excluding hydrogens is 354 g/mol. The largest absolute Gasteiger partial charge is 0.461 e. The lowest BCUT2D eigenvalue weighted by atomic mass is 10.1. The Kier molecular flexibility index (Phi) is 6.25. The van der Waals surface area contributed by atoms with Crippen molar-refractivity contribution in [1.29, 1.82) is 0 Å². The van der Waals surface area contributed by atoms with Gasteiger partial charge in [0.25, 0.3) is 0 Å². The van der Waals surface area contributed by atoms with Gasteiger partial charge in [0.15, 0.2) is 14.5 Å². The smallest absolute Gasteiger partial charge is 0.355 e. The number of esters is 1. The summed E-state index contributed by atoms with van der Waals surface area (Å²) in [5, 5.41) is 8.03. The first kappa shape index (κ1) is 18.0. The molecule has 0 aliphatic heterocycles. The van der Waals surface area contributed by atoms with Crippen LogP contribution >= 0.6 is 34.9 Å². The number of rotatable bonds is 7. The lowest BCUT2D eigenvalue weighted by molar-refractivity contribution is 0.0519. The zero-order valence-corrected chi connectivity index (χ0v) is 15.7. The molecule has 0 bridgehead atoms. The minimum Gasteiger partial charge on any atom is -0.461 e. The fourth-order valence-corrected chi connectivity index (χ4v) is 4.42. The molecule has 0 saturated heterocycles. The molecule has 0 radical (unpaired) electrons. The Labute approximate surface area is 146 Å². The number of hydrogen-bond acceptors (Lipinski definition) is 8. The van der Waals surface area contributed by atoms with E-state index in [0.29, 0.717) is 29.1 Å². The van der Waals surface area contributed by atoms with E-state index in [-0.39, 0.29) is 11.5 Å². The number of aryl methyl sites for hydroxylation is 1. The van der Waals surface area contributed by atoms with Crippen LogP contribution in [0, 0.1) is 13.8 Å². The van der Waals surface area contributed by atoms with Gasteiger partial charge in [0.1, 0.15) is 5.69 Å². The van der Waals surface area contributed by atoms with Gasteiger partial charge < -0.3 is 9.72 Å². The summed E-state index contributed by atoms with van der Waals surface area (Å²) in [6.45, 7) is 5.58. The maximum absolute atomic E-state index is 12.5. The maximum atomic E-state index is 12.5. The van der Waals surface area contributed by atoms with E-state index in [1.165, 1.54) is 34.9 Å². The zero-order chi connectivity index (χ0) is 17.0. The second-order valence-corrected chi connectivity index (χ2v) is 7.85. The number of aromatic amines is 1. The van der Waals surface area contributed by atoms with Crippen LogP contribution in [0.2, 0.25) is 0 Å². The first-order valence-electron chi connectivity index (χ1n) is 6.87. The van der Waals surface area contributed by atoms with E-state index in [4.69, 9.17) is 4.74 Å². The van der Waals surface area contributed by atoms with Gasteiger partial charge in [-0.2, -0.15) is 0 Å². The van der Waals surface area contributed by atoms with Crippen molar-refractivity contribution in [2.24, 2.45) is 0 Å². The van der Waals surface area contributed by atoms with Crippen LogP contribution in [-0.4, -0.2) is 45.5 Å². The van der Waals surface area contributed by atoms with Gasteiger partial charge in [-0.3, -0.25) is 4.79 Å². The predicted molar refractivity (Wildman–Crippen MR) is 93.0 cm³/mol. The Morgan fingerprint density at radius 2 is 1.96 bits per heavy atom. The minimum atomic E-state index is -0.437. The molecule has 0 amide bonds. The molecule has 0 saturated carbocycles. The van der Waals surface area contributed by atoms with Gasteiger partial charge in [-0.15, -0.1) is 10.2 Å². The fraction of sp³-hybridized carbons (Fsp3) is 0.429. The summed E-state index contributed by atoms with van der Waals surface area (Å²) in [5.41, 5.74) is 2.21. The molecule has 1 N–H and O–H groups in total. The molecule has 0 aliphatic rings. The molecule has 9 heteroatoms.